The fraction of sp³-hybridized carbons (Fsp3) is 0.391. The number of ketones is 1. The SMILES string of the molecule is CC(C)Oc1cccc(C(=O)[C@@H]2CCCN(Cc3cccn3-c3nccs3)C2)c1. The van der Waals surface area contributed by atoms with Crippen molar-refractivity contribution in [2.45, 2.75) is 39.3 Å². The number of ether oxygens (including phenoxy) is 1. The Hall–Kier alpha value is -2.44. The van der Waals surface area contributed by atoms with Gasteiger partial charge in [0.15, 0.2) is 10.9 Å². The van der Waals surface area contributed by atoms with Crippen molar-refractivity contribution >= 4 is 17.1 Å². The van der Waals surface area contributed by atoms with Crippen LogP contribution in [0.3, 0.4) is 0 Å². The molecule has 0 unspecified atom stereocenters. The normalized spacial score (nSPS) is 17.6. The van der Waals surface area contributed by atoms with Gasteiger partial charge >= 0.3 is 0 Å². The van der Waals surface area contributed by atoms with Gasteiger partial charge in [-0.3, -0.25) is 14.3 Å². The minimum Gasteiger partial charge on any atom is -0.491 e. The van der Waals surface area contributed by atoms with Crippen molar-refractivity contribution in [3.05, 3.63) is 65.4 Å². The van der Waals surface area contributed by atoms with Gasteiger partial charge in [-0.15, -0.1) is 11.3 Å². The highest BCUT2D eigenvalue weighted by molar-refractivity contribution is 7.12. The Balaban J connectivity index is 1.44. The maximum atomic E-state index is 13.1. The van der Waals surface area contributed by atoms with Crippen LogP contribution in [-0.2, 0) is 6.54 Å². The summed E-state index contributed by atoms with van der Waals surface area (Å²) in [5.41, 5.74) is 1.96. The third-order valence-electron chi connectivity index (χ3n) is 5.21. The highest BCUT2D eigenvalue weighted by atomic mass is 32.1. The molecule has 0 spiro atoms. The molecule has 1 aromatic carbocycles. The Morgan fingerprint density at radius 2 is 2.21 bits per heavy atom. The van der Waals surface area contributed by atoms with Gasteiger partial charge in [0.25, 0.3) is 0 Å². The molecule has 1 saturated heterocycles. The average Bonchev–Trinajstić information content (AvgIpc) is 3.39. The Bertz CT molecular complexity index is 949. The quantitative estimate of drug-likeness (QED) is 0.525. The smallest absolute Gasteiger partial charge is 0.193 e. The first-order chi connectivity index (χ1) is 14.1. The number of likely N-dealkylation sites (tertiary alicyclic amines) is 1. The number of nitrogens with zero attached hydrogens (tertiary/aromatic N) is 3. The largest absolute Gasteiger partial charge is 0.491 e. The summed E-state index contributed by atoms with van der Waals surface area (Å²) in [5.74, 6) is 1.01. The molecule has 3 heterocycles. The maximum absolute atomic E-state index is 13.1. The third kappa shape index (κ3) is 4.77. The highest BCUT2D eigenvalue weighted by Gasteiger charge is 2.27. The van der Waals surface area contributed by atoms with Crippen LogP contribution in [0.15, 0.2) is 54.2 Å². The Morgan fingerprint density at radius 1 is 1.31 bits per heavy atom. The van der Waals surface area contributed by atoms with Gasteiger partial charge in [0.2, 0.25) is 0 Å². The Morgan fingerprint density at radius 3 is 3.00 bits per heavy atom. The number of carbonyl (C=O) groups is 1. The molecular weight excluding hydrogens is 382 g/mol. The van der Waals surface area contributed by atoms with Gasteiger partial charge in [-0.25, -0.2) is 4.98 Å². The van der Waals surface area contributed by atoms with E-state index in [-0.39, 0.29) is 17.8 Å². The standard InChI is InChI=1S/C23H27N3O2S/c1-17(2)28-21-9-3-6-18(14-21)22(27)19-7-4-11-25(15-19)16-20-8-5-12-26(20)23-24-10-13-29-23/h3,5-6,8-10,12-14,17,19H,4,7,11,15-16H2,1-2H3/t19-/m1/s1. The van der Waals surface area contributed by atoms with Crippen molar-refractivity contribution in [1.82, 2.24) is 14.5 Å². The fourth-order valence-corrected chi connectivity index (χ4v) is 4.60. The molecule has 3 aromatic rings. The van der Waals surface area contributed by atoms with E-state index in [4.69, 9.17) is 4.74 Å². The number of hydrogen-bond acceptors (Lipinski definition) is 5. The first kappa shape index (κ1) is 19.9. The summed E-state index contributed by atoms with van der Waals surface area (Å²) < 4.78 is 7.90. The monoisotopic (exact) mass is 409 g/mol. The second-order valence-electron chi connectivity index (χ2n) is 7.82. The lowest BCUT2D eigenvalue weighted by molar-refractivity contribution is 0.0809. The van der Waals surface area contributed by atoms with Gasteiger partial charge in [-0.2, -0.15) is 0 Å². The van der Waals surface area contributed by atoms with E-state index < -0.39 is 0 Å². The molecule has 0 amide bonds. The van der Waals surface area contributed by atoms with Gasteiger partial charge < -0.3 is 4.74 Å². The first-order valence-electron chi connectivity index (χ1n) is 10.2. The van der Waals surface area contributed by atoms with Crippen LogP contribution in [0.4, 0.5) is 0 Å². The van der Waals surface area contributed by atoms with Crippen LogP contribution < -0.4 is 4.74 Å². The zero-order chi connectivity index (χ0) is 20.2. The highest BCUT2D eigenvalue weighted by Crippen LogP contribution is 2.25. The third-order valence-corrected chi connectivity index (χ3v) is 5.98. The lowest BCUT2D eigenvalue weighted by Crippen LogP contribution is -2.38. The molecule has 5 nitrogen and oxygen atoms in total. The van der Waals surface area contributed by atoms with E-state index in [9.17, 15) is 4.79 Å². The summed E-state index contributed by atoms with van der Waals surface area (Å²) in [6.07, 6.45) is 5.96. The van der Waals surface area contributed by atoms with E-state index >= 15 is 0 Å². The number of rotatable bonds is 7. The molecule has 0 N–H and O–H groups in total. The zero-order valence-electron chi connectivity index (χ0n) is 17.0. The topological polar surface area (TPSA) is 47.4 Å². The molecule has 0 aliphatic carbocycles. The van der Waals surface area contributed by atoms with Crippen LogP contribution >= 0.6 is 11.3 Å². The molecule has 1 fully saturated rings. The van der Waals surface area contributed by atoms with Crippen molar-refractivity contribution in [1.29, 1.82) is 0 Å². The number of benzene rings is 1. The summed E-state index contributed by atoms with van der Waals surface area (Å²) in [5, 5.41) is 2.97. The summed E-state index contributed by atoms with van der Waals surface area (Å²) >= 11 is 1.63. The van der Waals surface area contributed by atoms with E-state index in [2.05, 4.69) is 32.8 Å². The van der Waals surface area contributed by atoms with E-state index in [0.717, 1.165) is 48.9 Å². The predicted molar refractivity (Wildman–Crippen MR) is 116 cm³/mol. The fourth-order valence-electron chi connectivity index (χ4n) is 3.94. The Labute approximate surface area is 176 Å². The molecule has 2 aromatic heterocycles. The molecule has 1 atom stereocenters. The predicted octanol–water partition coefficient (Wildman–Crippen LogP) is 4.82. The second kappa shape index (κ2) is 8.93. The van der Waals surface area contributed by atoms with Crippen molar-refractivity contribution in [2.75, 3.05) is 13.1 Å². The molecule has 29 heavy (non-hydrogen) atoms. The molecule has 152 valence electrons. The molecular formula is C23H27N3O2S. The second-order valence-corrected chi connectivity index (χ2v) is 8.69. The molecule has 4 rings (SSSR count). The minimum atomic E-state index is 0.0290. The molecule has 0 saturated carbocycles. The van der Waals surface area contributed by atoms with E-state index in [1.165, 1.54) is 5.69 Å². The summed E-state index contributed by atoms with van der Waals surface area (Å²) in [6.45, 7) is 6.62. The van der Waals surface area contributed by atoms with Crippen molar-refractivity contribution in [3.8, 4) is 10.9 Å². The number of thiazole rings is 1. The molecule has 1 aliphatic heterocycles. The van der Waals surface area contributed by atoms with Crippen molar-refractivity contribution < 1.29 is 9.53 Å². The van der Waals surface area contributed by atoms with Gasteiger partial charge in [-0.1, -0.05) is 12.1 Å². The summed E-state index contributed by atoms with van der Waals surface area (Å²) in [6, 6.07) is 11.8. The van der Waals surface area contributed by atoms with Crippen molar-refractivity contribution in [2.24, 2.45) is 5.92 Å². The lowest BCUT2D eigenvalue weighted by atomic mass is 9.90. The van der Waals surface area contributed by atoms with Crippen LogP contribution in [0.5, 0.6) is 5.75 Å². The van der Waals surface area contributed by atoms with Crippen LogP contribution in [-0.4, -0.2) is 39.4 Å². The van der Waals surface area contributed by atoms with Crippen LogP contribution in [0, 0.1) is 5.92 Å². The van der Waals surface area contributed by atoms with Gasteiger partial charge in [0.05, 0.1) is 6.10 Å². The van der Waals surface area contributed by atoms with Gasteiger partial charge in [0.1, 0.15) is 5.75 Å². The number of aromatic nitrogens is 2. The number of piperidine rings is 1. The van der Waals surface area contributed by atoms with Crippen LogP contribution in [0.2, 0.25) is 0 Å². The van der Waals surface area contributed by atoms with Crippen molar-refractivity contribution in [3.63, 3.8) is 0 Å². The molecule has 0 bridgehead atoms. The van der Waals surface area contributed by atoms with Crippen LogP contribution in [0.25, 0.3) is 5.13 Å². The van der Waals surface area contributed by atoms with E-state index in [1.807, 2.05) is 49.7 Å². The molecule has 0 radical (unpaired) electrons. The number of hydrogen-bond donors (Lipinski definition) is 0. The number of carbonyl (C=O) groups excluding carboxylic acids is 1. The summed E-state index contributed by atoms with van der Waals surface area (Å²) in [7, 11) is 0. The average molecular weight is 410 g/mol. The lowest BCUT2D eigenvalue weighted by Gasteiger charge is -2.32. The maximum Gasteiger partial charge on any atom is 0.193 e. The minimum absolute atomic E-state index is 0.0290. The van der Waals surface area contributed by atoms with E-state index in [0.29, 0.717) is 0 Å². The van der Waals surface area contributed by atoms with Gasteiger partial charge in [0, 0.05) is 48.0 Å². The van der Waals surface area contributed by atoms with Gasteiger partial charge in [-0.05, 0) is 57.5 Å². The molecule has 1 aliphatic rings. The summed E-state index contributed by atoms with van der Waals surface area (Å²) in [4.78, 5) is 20.0. The zero-order valence-corrected chi connectivity index (χ0v) is 17.8. The Kier molecular flexibility index (Phi) is 6.11. The molecule has 6 heteroatoms. The number of Topliss-reactive ketones (excluding diaryl/α,β-unsaturated/α-hetero) is 1. The van der Waals surface area contributed by atoms with E-state index in [1.54, 1.807) is 11.3 Å². The van der Waals surface area contributed by atoms with Crippen LogP contribution in [0.1, 0.15) is 42.7 Å². The first-order valence-corrected chi connectivity index (χ1v) is 11.1.